The van der Waals surface area contributed by atoms with Crippen LogP contribution in [0.4, 0.5) is 20.2 Å². The highest BCUT2D eigenvalue weighted by molar-refractivity contribution is 9.10. The zero-order valence-corrected chi connectivity index (χ0v) is 50.6. The van der Waals surface area contributed by atoms with Gasteiger partial charge in [-0.05, 0) is 133 Å². The maximum Gasteiger partial charge on any atom is 0.159 e. The molecule has 2 fully saturated rings. The molecule has 15 heteroatoms. The van der Waals surface area contributed by atoms with E-state index in [0.29, 0.717) is 66.6 Å². The van der Waals surface area contributed by atoms with Crippen LogP contribution in [0.25, 0.3) is 41.1 Å². The fourth-order valence-corrected chi connectivity index (χ4v) is 13.4. The van der Waals surface area contributed by atoms with Crippen LogP contribution in [0.2, 0.25) is 0 Å². The number of ether oxygens (including phenoxy) is 6. The van der Waals surface area contributed by atoms with Crippen molar-refractivity contribution in [2.45, 2.75) is 45.2 Å². The van der Waals surface area contributed by atoms with E-state index in [1.807, 2.05) is 157 Å². The molecule has 9 nitrogen and oxygen atoms in total. The lowest BCUT2D eigenvalue weighted by atomic mass is 9.95. The maximum atomic E-state index is 15.5. The van der Waals surface area contributed by atoms with E-state index in [1.54, 1.807) is 43.0 Å². The molecule has 2 aromatic heterocycles. The van der Waals surface area contributed by atoms with E-state index in [4.69, 9.17) is 28.4 Å². The fraction of sp³-hybridized carbons (Fsp3) is 0.221. The van der Waals surface area contributed by atoms with Gasteiger partial charge in [-0.15, -0.1) is 22.7 Å². The van der Waals surface area contributed by atoms with Crippen molar-refractivity contribution in [2.24, 2.45) is 11.8 Å². The first-order valence-electron chi connectivity index (χ1n) is 27.5. The number of fused-ring (bicyclic) bond motifs is 2. The molecule has 2 aliphatic rings. The number of anilines is 2. The zero-order chi connectivity index (χ0) is 57.2. The second kappa shape index (κ2) is 27.1. The van der Waals surface area contributed by atoms with Gasteiger partial charge in [0.1, 0.15) is 54.1 Å². The van der Waals surface area contributed by atoms with Gasteiger partial charge in [-0.1, -0.05) is 117 Å². The Morgan fingerprint density at radius 3 is 1.33 bits per heavy atom. The molecule has 0 radical (unpaired) electrons. The van der Waals surface area contributed by atoms with Crippen molar-refractivity contribution >= 4 is 92.4 Å². The van der Waals surface area contributed by atoms with Crippen molar-refractivity contribution in [3.05, 3.63) is 214 Å². The number of aldehydes is 1. The van der Waals surface area contributed by atoms with Crippen LogP contribution < -0.4 is 28.7 Å². The van der Waals surface area contributed by atoms with E-state index < -0.39 is 0 Å². The van der Waals surface area contributed by atoms with Crippen LogP contribution in [0, 0.1) is 23.5 Å². The van der Waals surface area contributed by atoms with E-state index >= 15 is 8.78 Å². The van der Waals surface area contributed by atoms with Crippen molar-refractivity contribution in [3.63, 3.8) is 0 Å². The lowest BCUT2D eigenvalue weighted by Gasteiger charge is -2.36. The van der Waals surface area contributed by atoms with E-state index in [9.17, 15) is 4.79 Å². The van der Waals surface area contributed by atoms with E-state index in [-0.39, 0.29) is 23.8 Å². The Kier molecular flexibility index (Phi) is 18.8. The van der Waals surface area contributed by atoms with Crippen LogP contribution in [0.3, 0.4) is 0 Å². The third-order valence-electron chi connectivity index (χ3n) is 15.0. The Morgan fingerprint density at radius 1 is 0.518 bits per heavy atom. The summed E-state index contributed by atoms with van der Waals surface area (Å²) in [6, 6.07) is 58.6. The number of methoxy groups -OCH3 is 2. The van der Waals surface area contributed by atoms with Crippen LogP contribution in [0.1, 0.15) is 36.8 Å². The largest absolute Gasteiger partial charge is 0.489 e. The molecule has 2 saturated heterocycles. The average molecular weight is 1280 g/mol. The number of nitrogens with zero attached hydrogens (tertiary/aromatic N) is 2. The molecule has 0 amide bonds. The molecule has 0 spiro atoms. The number of carbonyl (C=O) groups excluding carboxylic acids is 1. The number of halogens is 4. The van der Waals surface area contributed by atoms with Crippen molar-refractivity contribution in [1.82, 2.24) is 0 Å². The standard InChI is InChI=1S/C35H33BrFNO4S.C33H27BrFNO3S/c1-39-35(40-2)25-16-18-38(19-17-25)31-15-13-28(20-30(31)37)42-33-29-14-12-27(41-22-23-6-4-3-5-7-23)21-32(29)43-34(33)24-8-10-26(36)11-9-24;34-25-8-6-24(7-9-25)33-32(28-12-10-26(19-31(28)40-33)38-21-23-4-2-1-3-5-23)39-27-11-13-30(29(35)18-27)36-16-14-22(20-37)15-17-36/h3-15,20-21,25,35H,16-19,22H2,1-2H3;1-13,18-20,22H,14-17,21H2. The van der Waals surface area contributed by atoms with Gasteiger partial charge in [0.25, 0.3) is 0 Å². The van der Waals surface area contributed by atoms with Crippen molar-refractivity contribution < 1.29 is 42.0 Å². The molecule has 2 aliphatic heterocycles. The maximum absolute atomic E-state index is 15.5. The Labute approximate surface area is 507 Å². The Hall–Kier alpha value is -7.11. The van der Waals surface area contributed by atoms with Crippen LogP contribution in [-0.2, 0) is 27.5 Å². The molecule has 8 aromatic carbocycles. The molecule has 83 heavy (non-hydrogen) atoms. The number of rotatable bonds is 18. The minimum Gasteiger partial charge on any atom is -0.489 e. The number of hydrogen-bond donors (Lipinski definition) is 0. The molecule has 0 saturated carbocycles. The number of thiophene rings is 2. The highest BCUT2D eigenvalue weighted by Gasteiger charge is 2.29. The second-order valence-electron chi connectivity index (χ2n) is 20.5. The molecule has 0 atom stereocenters. The van der Waals surface area contributed by atoms with Crippen LogP contribution in [0.15, 0.2) is 191 Å². The topological polar surface area (TPSA) is 78.9 Å². The van der Waals surface area contributed by atoms with Crippen molar-refractivity contribution in [2.75, 3.05) is 50.2 Å². The van der Waals surface area contributed by atoms with Crippen LogP contribution >= 0.6 is 54.5 Å². The average Bonchev–Trinajstić information content (AvgIpc) is 4.28. The molecule has 0 N–H and O–H groups in total. The number of benzene rings is 8. The lowest BCUT2D eigenvalue weighted by molar-refractivity contribution is -0.141. The molecule has 4 heterocycles. The molecule has 0 unspecified atom stereocenters. The van der Waals surface area contributed by atoms with Gasteiger partial charge in [0, 0.05) is 93.5 Å². The molecule has 0 bridgehead atoms. The van der Waals surface area contributed by atoms with Crippen molar-refractivity contribution in [1.29, 1.82) is 0 Å². The summed E-state index contributed by atoms with van der Waals surface area (Å²) in [6.45, 7) is 3.78. The summed E-state index contributed by atoms with van der Waals surface area (Å²) in [4.78, 5) is 17.1. The highest BCUT2D eigenvalue weighted by atomic mass is 79.9. The quantitative estimate of drug-likeness (QED) is 0.0616. The van der Waals surface area contributed by atoms with Gasteiger partial charge < -0.3 is 43.0 Å². The second-order valence-corrected chi connectivity index (χ2v) is 24.4. The smallest absolute Gasteiger partial charge is 0.159 e. The van der Waals surface area contributed by atoms with Gasteiger partial charge >= 0.3 is 0 Å². The molecule has 0 aliphatic carbocycles. The lowest BCUT2D eigenvalue weighted by Crippen LogP contribution is -2.39. The first kappa shape index (κ1) is 57.7. The van der Waals surface area contributed by atoms with Crippen LogP contribution in [-0.4, -0.2) is 53.0 Å². The van der Waals surface area contributed by atoms with Gasteiger partial charge in [0.05, 0.1) is 21.1 Å². The normalized spacial score (nSPS) is 14.0. The summed E-state index contributed by atoms with van der Waals surface area (Å²) in [5, 5.41) is 1.89. The fourth-order valence-electron chi connectivity index (χ4n) is 10.6. The number of piperidine rings is 2. The van der Waals surface area contributed by atoms with E-state index in [0.717, 1.165) is 118 Å². The monoisotopic (exact) mass is 1280 g/mol. The zero-order valence-electron chi connectivity index (χ0n) is 45.8. The minimum absolute atomic E-state index is 0.0649. The Balaban J connectivity index is 0.000000174. The first-order valence-corrected chi connectivity index (χ1v) is 30.8. The Bertz CT molecular complexity index is 3790. The Morgan fingerprint density at radius 2 is 0.928 bits per heavy atom. The summed E-state index contributed by atoms with van der Waals surface area (Å²) >= 11 is 10.3. The molecular weight excluding hydrogens is 1220 g/mol. The molecule has 12 rings (SSSR count). The summed E-state index contributed by atoms with van der Waals surface area (Å²) in [5.41, 5.74) is 5.38. The van der Waals surface area contributed by atoms with Gasteiger partial charge in [-0.25, -0.2) is 8.78 Å². The van der Waals surface area contributed by atoms with Crippen molar-refractivity contribution in [3.8, 4) is 55.4 Å². The molecule has 424 valence electrons. The third-order valence-corrected chi connectivity index (χ3v) is 18.4. The summed E-state index contributed by atoms with van der Waals surface area (Å²) in [5.74, 6) is 3.58. The predicted molar refractivity (Wildman–Crippen MR) is 338 cm³/mol. The third kappa shape index (κ3) is 13.9. The first-order chi connectivity index (χ1) is 40.6. The van der Waals surface area contributed by atoms with Gasteiger partial charge in [-0.3, -0.25) is 0 Å². The predicted octanol–water partition coefficient (Wildman–Crippen LogP) is 18.9. The minimum atomic E-state index is -0.330. The van der Waals surface area contributed by atoms with Gasteiger partial charge in [0.2, 0.25) is 0 Å². The highest BCUT2D eigenvalue weighted by Crippen LogP contribution is 2.50. The number of hydrogen-bond acceptors (Lipinski definition) is 11. The summed E-state index contributed by atoms with van der Waals surface area (Å²) < 4.78 is 70.8. The summed E-state index contributed by atoms with van der Waals surface area (Å²) in [7, 11) is 3.33. The molecule has 10 aromatic rings. The number of carbonyl (C=O) groups is 1. The summed E-state index contributed by atoms with van der Waals surface area (Å²) in [6.07, 6.45) is 4.02. The van der Waals surface area contributed by atoms with Gasteiger partial charge in [0.15, 0.2) is 17.8 Å². The van der Waals surface area contributed by atoms with Crippen LogP contribution in [0.5, 0.6) is 34.5 Å². The van der Waals surface area contributed by atoms with E-state index in [2.05, 4.69) is 48.9 Å². The SMILES string of the molecule is COC(OC)C1CCN(c2ccc(Oc3c(-c4ccc(Br)cc4)sc4cc(OCc5ccccc5)ccc34)cc2F)CC1.O=CC1CCN(c2ccc(Oc3c(-c4ccc(Br)cc4)sc4cc(OCc5ccccc5)ccc34)cc2F)CC1. The van der Waals surface area contributed by atoms with E-state index in [1.165, 1.54) is 12.1 Å². The van der Waals surface area contributed by atoms with Gasteiger partial charge in [-0.2, -0.15) is 0 Å². The molecular formula is C68H60Br2F2N2O7S2.